The summed E-state index contributed by atoms with van der Waals surface area (Å²) < 4.78 is 0. The molecule has 0 spiro atoms. The van der Waals surface area contributed by atoms with Gasteiger partial charge in [-0.05, 0) is 11.8 Å². The molecule has 2 heteroatoms. The minimum atomic E-state index is 0.662. The Morgan fingerprint density at radius 1 is 1.38 bits per heavy atom. The standard InChI is InChI=1S/C6H12S2/c1-3-6(2)4-7-8-5-6/h3-5H2,1-2H3. The molecule has 0 N–H and O–H groups in total. The van der Waals surface area contributed by atoms with Gasteiger partial charge in [0.15, 0.2) is 0 Å². The molecule has 1 aliphatic rings. The Morgan fingerprint density at radius 3 is 2.12 bits per heavy atom. The van der Waals surface area contributed by atoms with E-state index in [4.69, 9.17) is 0 Å². The van der Waals surface area contributed by atoms with Gasteiger partial charge in [-0.3, -0.25) is 0 Å². The molecule has 1 heterocycles. The normalized spacial score (nSPS) is 26.2. The van der Waals surface area contributed by atoms with E-state index in [1.54, 1.807) is 0 Å². The Kier molecular flexibility index (Phi) is 2.15. The van der Waals surface area contributed by atoms with Crippen LogP contribution >= 0.6 is 21.6 Å². The molecule has 0 aromatic heterocycles. The molecule has 1 saturated heterocycles. The summed E-state index contributed by atoms with van der Waals surface area (Å²) in [7, 11) is 4.04. The van der Waals surface area contributed by atoms with Gasteiger partial charge >= 0.3 is 0 Å². The van der Waals surface area contributed by atoms with Crippen molar-refractivity contribution < 1.29 is 0 Å². The molecule has 0 aromatic carbocycles. The summed E-state index contributed by atoms with van der Waals surface area (Å²) in [5.41, 5.74) is 0.662. The maximum Gasteiger partial charge on any atom is 0.00990 e. The zero-order valence-electron chi connectivity index (χ0n) is 5.44. The first-order valence-corrected chi connectivity index (χ1v) is 5.50. The van der Waals surface area contributed by atoms with Gasteiger partial charge in [-0.15, -0.1) is 0 Å². The monoisotopic (exact) mass is 148 g/mol. The van der Waals surface area contributed by atoms with Crippen molar-refractivity contribution in [2.45, 2.75) is 20.3 Å². The van der Waals surface area contributed by atoms with Crippen molar-refractivity contribution in [3.05, 3.63) is 0 Å². The van der Waals surface area contributed by atoms with E-state index in [2.05, 4.69) is 13.8 Å². The minimum absolute atomic E-state index is 0.662. The summed E-state index contributed by atoms with van der Waals surface area (Å²) in [6.45, 7) is 4.66. The van der Waals surface area contributed by atoms with Crippen LogP contribution in [0.1, 0.15) is 20.3 Å². The highest BCUT2D eigenvalue weighted by Gasteiger charge is 2.27. The third kappa shape index (κ3) is 1.35. The highest BCUT2D eigenvalue weighted by molar-refractivity contribution is 8.77. The molecule has 0 aliphatic carbocycles. The third-order valence-corrected chi connectivity index (χ3v) is 4.75. The maximum atomic E-state index is 2.38. The van der Waals surface area contributed by atoms with Crippen LogP contribution in [0.3, 0.4) is 0 Å². The lowest BCUT2D eigenvalue weighted by Crippen LogP contribution is -2.15. The molecule has 0 saturated carbocycles. The molecule has 0 amide bonds. The number of hydrogen-bond donors (Lipinski definition) is 0. The third-order valence-electron chi connectivity index (χ3n) is 1.75. The second kappa shape index (κ2) is 2.53. The minimum Gasteiger partial charge on any atom is -0.0935 e. The van der Waals surface area contributed by atoms with Crippen molar-refractivity contribution in [2.75, 3.05) is 11.5 Å². The molecule has 48 valence electrons. The first kappa shape index (κ1) is 6.81. The van der Waals surface area contributed by atoms with E-state index < -0.39 is 0 Å². The Labute approximate surface area is 59.2 Å². The molecule has 0 atom stereocenters. The van der Waals surface area contributed by atoms with Gasteiger partial charge in [-0.2, -0.15) is 0 Å². The lowest BCUT2D eigenvalue weighted by Gasteiger charge is -2.17. The van der Waals surface area contributed by atoms with Crippen LogP contribution < -0.4 is 0 Å². The predicted molar refractivity (Wildman–Crippen MR) is 43.3 cm³/mol. The smallest absolute Gasteiger partial charge is 0.00990 e. The largest absolute Gasteiger partial charge is 0.0935 e. The molecule has 0 unspecified atom stereocenters. The second-order valence-corrected chi connectivity index (χ2v) is 5.15. The van der Waals surface area contributed by atoms with Crippen molar-refractivity contribution in [3.63, 3.8) is 0 Å². The summed E-state index contributed by atoms with van der Waals surface area (Å²) in [4.78, 5) is 0. The average Bonchev–Trinajstić information content (AvgIpc) is 2.17. The van der Waals surface area contributed by atoms with Crippen molar-refractivity contribution in [2.24, 2.45) is 5.41 Å². The van der Waals surface area contributed by atoms with Gasteiger partial charge in [0.2, 0.25) is 0 Å². The lowest BCUT2D eigenvalue weighted by molar-refractivity contribution is 0.423. The first-order chi connectivity index (χ1) is 3.77. The molecule has 0 nitrogen and oxygen atoms in total. The van der Waals surface area contributed by atoms with E-state index in [9.17, 15) is 0 Å². The van der Waals surface area contributed by atoms with Crippen LogP contribution in [0.25, 0.3) is 0 Å². The van der Waals surface area contributed by atoms with E-state index >= 15 is 0 Å². The topological polar surface area (TPSA) is 0 Å². The van der Waals surface area contributed by atoms with Gasteiger partial charge in [0.05, 0.1) is 0 Å². The number of rotatable bonds is 1. The zero-order chi connectivity index (χ0) is 6.04. The van der Waals surface area contributed by atoms with E-state index in [-0.39, 0.29) is 0 Å². The van der Waals surface area contributed by atoms with Gasteiger partial charge in [-0.25, -0.2) is 0 Å². The Morgan fingerprint density at radius 2 is 1.88 bits per heavy atom. The molecule has 1 fully saturated rings. The molecule has 8 heavy (non-hydrogen) atoms. The lowest BCUT2D eigenvalue weighted by atomic mass is 9.93. The Hall–Kier alpha value is 0.700. The Bertz CT molecular complexity index is 74.6. The van der Waals surface area contributed by atoms with Gasteiger partial charge in [0, 0.05) is 11.5 Å². The summed E-state index contributed by atoms with van der Waals surface area (Å²) in [6, 6.07) is 0. The molecule has 1 rings (SSSR count). The Balaban J connectivity index is 2.40. The molecule has 0 aromatic rings. The van der Waals surface area contributed by atoms with E-state index in [1.807, 2.05) is 21.6 Å². The van der Waals surface area contributed by atoms with E-state index in [1.165, 1.54) is 17.9 Å². The van der Waals surface area contributed by atoms with Crippen molar-refractivity contribution in [3.8, 4) is 0 Å². The summed E-state index contributed by atoms with van der Waals surface area (Å²) in [5, 5.41) is 0. The van der Waals surface area contributed by atoms with Crippen molar-refractivity contribution in [1.82, 2.24) is 0 Å². The zero-order valence-corrected chi connectivity index (χ0v) is 7.07. The highest BCUT2D eigenvalue weighted by atomic mass is 33.1. The summed E-state index contributed by atoms with van der Waals surface area (Å²) in [5.74, 6) is 2.71. The van der Waals surface area contributed by atoms with Gasteiger partial charge in [-0.1, -0.05) is 35.4 Å². The number of hydrogen-bond acceptors (Lipinski definition) is 2. The van der Waals surface area contributed by atoms with Crippen molar-refractivity contribution in [1.29, 1.82) is 0 Å². The van der Waals surface area contributed by atoms with Crippen LogP contribution in [0.5, 0.6) is 0 Å². The van der Waals surface area contributed by atoms with Crippen LogP contribution in [0.2, 0.25) is 0 Å². The SMILES string of the molecule is CCC1(C)CSSC1. The summed E-state index contributed by atoms with van der Waals surface area (Å²) in [6.07, 6.45) is 1.34. The predicted octanol–water partition coefficient (Wildman–Crippen LogP) is 2.80. The van der Waals surface area contributed by atoms with Crippen LogP contribution in [-0.4, -0.2) is 11.5 Å². The first-order valence-electron chi connectivity index (χ1n) is 3.01. The van der Waals surface area contributed by atoms with Gasteiger partial charge in [0.25, 0.3) is 0 Å². The van der Waals surface area contributed by atoms with Gasteiger partial charge in [0.1, 0.15) is 0 Å². The fraction of sp³-hybridized carbons (Fsp3) is 1.00. The van der Waals surface area contributed by atoms with Crippen LogP contribution in [0, 0.1) is 5.41 Å². The van der Waals surface area contributed by atoms with Gasteiger partial charge < -0.3 is 0 Å². The molecule has 0 bridgehead atoms. The average molecular weight is 148 g/mol. The molecular weight excluding hydrogens is 136 g/mol. The van der Waals surface area contributed by atoms with E-state index in [0.29, 0.717) is 5.41 Å². The second-order valence-electron chi connectivity index (χ2n) is 2.69. The van der Waals surface area contributed by atoms with E-state index in [0.717, 1.165) is 0 Å². The quantitative estimate of drug-likeness (QED) is 0.524. The molecule has 0 radical (unpaired) electrons. The van der Waals surface area contributed by atoms with Crippen LogP contribution in [0.4, 0.5) is 0 Å². The molecular formula is C6H12S2. The fourth-order valence-electron chi connectivity index (χ4n) is 0.614. The van der Waals surface area contributed by atoms with Crippen LogP contribution in [-0.2, 0) is 0 Å². The maximum absolute atomic E-state index is 2.38. The highest BCUT2D eigenvalue weighted by Crippen LogP contribution is 2.44. The fourth-order valence-corrected chi connectivity index (χ4v) is 4.30. The van der Waals surface area contributed by atoms with Crippen molar-refractivity contribution >= 4 is 21.6 Å². The summed E-state index contributed by atoms with van der Waals surface area (Å²) >= 11 is 0. The van der Waals surface area contributed by atoms with Crippen LogP contribution in [0.15, 0.2) is 0 Å². The molecule has 1 aliphatic heterocycles.